The van der Waals surface area contributed by atoms with Gasteiger partial charge in [-0.05, 0) is 6.42 Å². The highest BCUT2D eigenvalue weighted by atomic mass is 16.5. The second-order valence-corrected chi connectivity index (χ2v) is 4.61. The summed E-state index contributed by atoms with van der Waals surface area (Å²) in [4.78, 5) is 35.8. The van der Waals surface area contributed by atoms with E-state index in [1.807, 2.05) is 0 Å². The van der Waals surface area contributed by atoms with Gasteiger partial charge in [0.1, 0.15) is 6.04 Å². The first-order valence-corrected chi connectivity index (χ1v) is 6.22. The molecule has 0 radical (unpaired) electrons. The molecule has 3 amide bonds. The summed E-state index contributed by atoms with van der Waals surface area (Å²) < 4.78 is 5.15. The predicted molar refractivity (Wildman–Crippen MR) is 63.5 cm³/mol. The Hall–Kier alpha value is -1.83. The van der Waals surface area contributed by atoms with Crippen molar-refractivity contribution >= 4 is 17.9 Å². The van der Waals surface area contributed by atoms with Crippen LogP contribution in [0.4, 0.5) is 4.79 Å². The van der Waals surface area contributed by atoms with E-state index < -0.39 is 23.9 Å². The minimum atomic E-state index is -1.11. The largest absolute Gasteiger partial charge is 0.481 e. The minimum absolute atomic E-state index is 0.0667. The van der Waals surface area contributed by atoms with E-state index in [2.05, 4.69) is 10.6 Å². The van der Waals surface area contributed by atoms with Crippen LogP contribution in [-0.4, -0.2) is 66.3 Å². The molecule has 0 bridgehead atoms. The summed E-state index contributed by atoms with van der Waals surface area (Å²) in [6.07, 6.45) is 0.343. The molecule has 0 aromatic rings. The average Bonchev–Trinajstić information content (AvgIpc) is 2.84. The Morgan fingerprint density at radius 3 is 2.95 bits per heavy atom. The smallest absolute Gasteiger partial charge is 0.318 e. The van der Waals surface area contributed by atoms with Gasteiger partial charge in [0, 0.05) is 19.7 Å². The summed E-state index contributed by atoms with van der Waals surface area (Å²) in [5.41, 5.74) is 0. The molecule has 2 aliphatic rings. The van der Waals surface area contributed by atoms with E-state index in [4.69, 9.17) is 9.84 Å². The summed E-state index contributed by atoms with van der Waals surface area (Å²) in [6.45, 7) is 1.70. The molecular formula is C11H17N3O5. The standard InChI is InChI=1S/C11H17N3O5/c15-9(16)5-8-10(17)12-2-3-14(8)11(18)13-7-1-4-19-6-7/h7-8H,1-6H2,(H,12,17)(H,13,18)(H,15,16). The number of carboxylic acids is 1. The highest BCUT2D eigenvalue weighted by Crippen LogP contribution is 2.11. The molecule has 0 aliphatic carbocycles. The molecule has 2 rings (SSSR count). The second-order valence-electron chi connectivity index (χ2n) is 4.61. The van der Waals surface area contributed by atoms with Gasteiger partial charge in [-0.1, -0.05) is 0 Å². The molecule has 2 atom stereocenters. The van der Waals surface area contributed by atoms with Gasteiger partial charge < -0.3 is 25.4 Å². The topological polar surface area (TPSA) is 108 Å². The molecule has 0 aromatic carbocycles. The molecule has 2 fully saturated rings. The van der Waals surface area contributed by atoms with Crippen LogP contribution in [0, 0.1) is 0 Å². The molecule has 2 unspecified atom stereocenters. The Kier molecular flexibility index (Phi) is 4.20. The van der Waals surface area contributed by atoms with E-state index in [0.29, 0.717) is 26.3 Å². The van der Waals surface area contributed by atoms with Crippen LogP contribution in [0.15, 0.2) is 0 Å². The Morgan fingerprint density at radius 2 is 2.32 bits per heavy atom. The number of carbonyl (C=O) groups excluding carboxylic acids is 2. The molecule has 2 saturated heterocycles. The molecule has 106 valence electrons. The highest BCUT2D eigenvalue weighted by molar-refractivity contribution is 5.91. The predicted octanol–water partition coefficient (Wildman–Crippen LogP) is -1.24. The number of carbonyl (C=O) groups is 3. The number of nitrogens with zero attached hydrogens (tertiary/aromatic N) is 1. The maximum atomic E-state index is 12.1. The molecule has 8 nitrogen and oxygen atoms in total. The Morgan fingerprint density at radius 1 is 1.53 bits per heavy atom. The van der Waals surface area contributed by atoms with E-state index in [-0.39, 0.29) is 12.5 Å². The van der Waals surface area contributed by atoms with Crippen LogP contribution >= 0.6 is 0 Å². The molecule has 0 saturated carbocycles. The molecule has 8 heteroatoms. The number of hydrogen-bond acceptors (Lipinski definition) is 4. The van der Waals surface area contributed by atoms with Crippen LogP contribution in [0.2, 0.25) is 0 Å². The van der Waals surface area contributed by atoms with Gasteiger partial charge in [-0.3, -0.25) is 9.59 Å². The molecule has 2 aliphatic heterocycles. The normalized spacial score (nSPS) is 26.9. The lowest BCUT2D eigenvalue weighted by Crippen LogP contribution is -2.60. The van der Waals surface area contributed by atoms with Crippen LogP contribution < -0.4 is 10.6 Å². The van der Waals surface area contributed by atoms with Gasteiger partial charge >= 0.3 is 12.0 Å². The third kappa shape index (κ3) is 3.34. The quantitative estimate of drug-likeness (QED) is 0.595. The lowest BCUT2D eigenvalue weighted by molar-refractivity contribution is -0.142. The summed E-state index contributed by atoms with van der Waals surface area (Å²) in [7, 11) is 0. The monoisotopic (exact) mass is 271 g/mol. The zero-order valence-corrected chi connectivity index (χ0v) is 10.4. The third-order valence-corrected chi connectivity index (χ3v) is 3.22. The van der Waals surface area contributed by atoms with Crippen molar-refractivity contribution in [2.45, 2.75) is 24.9 Å². The number of carboxylic acid groups (broad SMARTS) is 1. The van der Waals surface area contributed by atoms with Crippen molar-refractivity contribution in [2.75, 3.05) is 26.3 Å². The maximum Gasteiger partial charge on any atom is 0.318 e. The number of hydrogen-bond donors (Lipinski definition) is 3. The molecule has 0 spiro atoms. The van der Waals surface area contributed by atoms with E-state index in [0.717, 1.165) is 6.42 Å². The average molecular weight is 271 g/mol. The van der Waals surface area contributed by atoms with Crippen LogP contribution in [0.5, 0.6) is 0 Å². The molecule has 2 heterocycles. The van der Waals surface area contributed by atoms with Crippen LogP contribution in [0.3, 0.4) is 0 Å². The van der Waals surface area contributed by atoms with Gasteiger partial charge in [-0.2, -0.15) is 0 Å². The van der Waals surface area contributed by atoms with E-state index >= 15 is 0 Å². The first-order chi connectivity index (χ1) is 9.08. The van der Waals surface area contributed by atoms with Gasteiger partial charge in [0.15, 0.2) is 0 Å². The van der Waals surface area contributed by atoms with Gasteiger partial charge in [0.05, 0.1) is 19.1 Å². The van der Waals surface area contributed by atoms with E-state index in [9.17, 15) is 14.4 Å². The second kappa shape index (κ2) is 5.87. The Bertz CT molecular complexity index is 381. The van der Waals surface area contributed by atoms with Crippen LogP contribution in [-0.2, 0) is 14.3 Å². The van der Waals surface area contributed by atoms with Gasteiger partial charge in [0.2, 0.25) is 5.91 Å². The molecular weight excluding hydrogens is 254 g/mol. The van der Waals surface area contributed by atoms with Crippen molar-refractivity contribution in [3.8, 4) is 0 Å². The fourth-order valence-corrected chi connectivity index (χ4v) is 2.23. The SMILES string of the molecule is O=C(O)CC1C(=O)NCCN1C(=O)NC1CCOC1. The van der Waals surface area contributed by atoms with E-state index in [1.165, 1.54) is 4.90 Å². The van der Waals surface area contributed by atoms with Gasteiger partial charge in [-0.15, -0.1) is 0 Å². The fraction of sp³-hybridized carbons (Fsp3) is 0.727. The molecule has 3 N–H and O–H groups in total. The van der Waals surface area contributed by atoms with Gasteiger partial charge in [-0.25, -0.2) is 4.79 Å². The summed E-state index contributed by atoms with van der Waals surface area (Å²) in [5, 5.41) is 14.1. The lowest BCUT2D eigenvalue weighted by Gasteiger charge is -2.34. The number of rotatable bonds is 3. The fourth-order valence-electron chi connectivity index (χ4n) is 2.23. The number of nitrogens with one attached hydrogen (secondary N) is 2. The van der Waals surface area contributed by atoms with Crippen molar-refractivity contribution in [1.82, 2.24) is 15.5 Å². The molecule has 19 heavy (non-hydrogen) atoms. The maximum absolute atomic E-state index is 12.1. The number of ether oxygens (including phenoxy) is 1. The molecule has 0 aromatic heterocycles. The van der Waals surface area contributed by atoms with Crippen molar-refractivity contribution < 1.29 is 24.2 Å². The minimum Gasteiger partial charge on any atom is -0.481 e. The van der Waals surface area contributed by atoms with E-state index in [1.54, 1.807) is 0 Å². The number of aliphatic carboxylic acids is 1. The summed E-state index contributed by atoms with van der Waals surface area (Å²) >= 11 is 0. The number of piperazine rings is 1. The van der Waals surface area contributed by atoms with Crippen LogP contribution in [0.1, 0.15) is 12.8 Å². The number of urea groups is 1. The highest BCUT2D eigenvalue weighted by Gasteiger charge is 2.35. The number of amides is 3. The Balaban J connectivity index is 1.99. The lowest BCUT2D eigenvalue weighted by atomic mass is 10.1. The van der Waals surface area contributed by atoms with Crippen molar-refractivity contribution in [1.29, 1.82) is 0 Å². The third-order valence-electron chi connectivity index (χ3n) is 3.22. The summed E-state index contributed by atoms with van der Waals surface area (Å²) in [6, 6.07) is -1.42. The zero-order chi connectivity index (χ0) is 13.8. The van der Waals surface area contributed by atoms with Gasteiger partial charge in [0.25, 0.3) is 0 Å². The Labute approximate surface area is 110 Å². The van der Waals surface area contributed by atoms with Crippen molar-refractivity contribution in [3.05, 3.63) is 0 Å². The zero-order valence-electron chi connectivity index (χ0n) is 10.4. The van der Waals surface area contributed by atoms with Crippen molar-refractivity contribution in [3.63, 3.8) is 0 Å². The first-order valence-electron chi connectivity index (χ1n) is 6.22. The van der Waals surface area contributed by atoms with Crippen molar-refractivity contribution in [2.24, 2.45) is 0 Å². The van der Waals surface area contributed by atoms with Crippen LogP contribution in [0.25, 0.3) is 0 Å². The summed E-state index contributed by atoms with van der Waals surface area (Å²) in [5.74, 6) is -1.53. The first kappa shape index (κ1) is 13.6.